The predicted molar refractivity (Wildman–Crippen MR) is 100 cm³/mol. The van der Waals surface area contributed by atoms with Gasteiger partial charge in [-0.2, -0.15) is 13.2 Å². The number of benzene rings is 1. The highest BCUT2D eigenvalue weighted by Crippen LogP contribution is 2.31. The summed E-state index contributed by atoms with van der Waals surface area (Å²) >= 11 is 0. The first-order valence-corrected chi connectivity index (χ1v) is 9.13. The molecular weight excluding hydrogens is 367 g/mol. The number of rotatable bonds is 4. The molecule has 7 heteroatoms. The largest absolute Gasteiger partial charge is 0.497 e. The van der Waals surface area contributed by atoms with Crippen LogP contribution >= 0.6 is 0 Å². The van der Waals surface area contributed by atoms with Crippen LogP contribution in [0.4, 0.5) is 13.2 Å². The van der Waals surface area contributed by atoms with Crippen LogP contribution in [0.5, 0.6) is 5.75 Å². The molecule has 0 fully saturated rings. The molecule has 3 heterocycles. The van der Waals surface area contributed by atoms with Crippen molar-refractivity contribution in [3.05, 3.63) is 65.0 Å². The van der Waals surface area contributed by atoms with Crippen LogP contribution in [-0.4, -0.2) is 35.1 Å². The van der Waals surface area contributed by atoms with Crippen LogP contribution in [0.15, 0.2) is 42.6 Å². The summed E-state index contributed by atoms with van der Waals surface area (Å²) in [6, 6.07) is 10.9. The van der Waals surface area contributed by atoms with Crippen molar-refractivity contribution in [1.29, 1.82) is 0 Å². The van der Waals surface area contributed by atoms with Crippen molar-refractivity contribution in [3.8, 4) is 5.75 Å². The number of nitrogens with zero attached hydrogens (tertiary/aromatic N) is 3. The number of alkyl halides is 3. The average molecular weight is 387 g/mol. The summed E-state index contributed by atoms with van der Waals surface area (Å²) in [7, 11) is 1.64. The summed E-state index contributed by atoms with van der Waals surface area (Å²) in [4.78, 5) is 10.7. The Balaban J connectivity index is 1.49. The van der Waals surface area contributed by atoms with Crippen LogP contribution in [0.3, 0.4) is 0 Å². The van der Waals surface area contributed by atoms with Crippen LogP contribution < -0.4 is 4.74 Å². The third-order valence-electron chi connectivity index (χ3n) is 5.10. The van der Waals surface area contributed by atoms with E-state index < -0.39 is 11.7 Å². The van der Waals surface area contributed by atoms with E-state index in [-0.39, 0.29) is 0 Å². The minimum Gasteiger partial charge on any atom is -0.497 e. The number of hydrogen-bond donors (Lipinski definition) is 0. The van der Waals surface area contributed by atoms with Crippen LogP contribution in [0, 0.1) is 0 Å². The van der Waals surface area contributed by atoms with E-state index in [2.05, 4.69) is 27.0 Å². The van der Waals surface area contributed by atoms with Crippen molar-refractivity contribution in [2.24, 2.45) is 0 Å². The number of pyridine rings is 2. The molecule has 0 N–H and O–H groups in total. The van der Waals surface area contributed by atoms with Crippen molar-refractivity contribution in [2.75, 3.05) is 20.2 Å². The molecule has 1 aliphatic rings. The topological polar surface area (TPSA) is 38.2 Å². The van der Waals surface area contributed by atoms with Gasteiger partial charge in [-0.25, -0.2) is 9.97 Å². The van der Waals surface area contributed by atoms with E-state index in [1.165, 1.54) is 5.56 Å². The normalized spacial score (nSPS) is 14.9. The van der Waals surface area contributed by atoms with E-state index in [9.17, 15) is 13.2 Å². The number of ether oxygens (including phenoxy) is 1. The molecule has 0 saturated heterocycles. The number of methoxy groups -OCH3 is 1. The lowest BCUT2D eigenvalue weighted by Crippen LogP contribution is -2.32. The quantitative estimate of drug-likeness (QED) is 0.671. The van der Waals surface area contributed by atoms with E-state index in [0.717, 1.165) is 55.2 Å². The zero-order chi connectivity index (χ0) is 19.7. The molecule has 4 nitrogen and oxygen atoms in total. The molecule has 0 spiro atoms. The van der Waals surface area contributed by atoms with Gasteiger partial charge in [0.05, 0.1) is 12.7 Å². The highest BCUT2D eigenvalue weighted by Gasteiger charge is 2.31. The van der Waals surface area contributed by atoms with Gasteiger partial charge < -0.3 is 4.74 Å². The Morgan fingerprint density at radius 1 is 1.14 bits per heavy atom. The number of aromatic nitrogens is 2. The van der Waals surface area contributed by atoms with Gasteiger partial charge in [0.2, 0.25) is 0 Å². The van der Waals surface area contributed by atoms with E-state index in [0.29, 0.717) is 17.6 Å². The van der Waals surface area contributed by atoms with Crippen molar-refractivity contribution in [1.82, 2.24) is 14.9 Å². The van der Waals surface area contributed by atoms with Gasteiger partial charge in [0.1, 0.15) is 5.75 Å². The molecular formula is C21H20F3N3O. The van der Waals surface area contributed by atoms with Gasteiger partial charge in [-0.05, 0) is 41.8 Å². The minimum absolute atomic E-state index is 0.374. The third-order valence-corrected chi connectivity index (χ3v) is 5.10. The highest BCUT2D eigenvalue weighted by molar-refractivity contribution is 5.76. The van der Waals surface area contributed by atoms with E-state index in [1.54, 1.807) is 13.2 Å². The first kappa shape index (κ1) is 18.7. The molecule has 146 valence electrons. The monoisotopic (exact) mass is 387 g/mol. The molecule has 2 aromatic heterocycles. The Morgan fingerprint density at radius 2 is 1.93 bits per heavy atom. The Kier molecular flexibility index (Phi) is 4.93. The lowest BCUT2D eigenvalue weighted by Gasteiger charge is -2.28. The van der Waals surface area contributed by atoms with Gasteiger partial charge in [0.15, 0.2) is 5.65 Å². The number of halogens is 3. The van der Waals surface area contributed by atoms with Crippen molar-refractivity contribution in [3.63, 3.8) is 0 Å². The molecule has 0 radical (unpaired) electrons. The average Bonchev–Trinajstić information content (AvgIpc) is 2.69. The molecule has 0 saturated carbocycles. The van der Waals surface area contributed by atoms with E-state index in [4.69, 9.17) is 4.74 Å². The fourth-order valence-corrected chi connectivity index (χ4v) is 3.51. The lowest BCUT2D eigenvalue weighted by atomic mass is 10.0. The molecule has 0 amide bonds. The SMILES string of the molecule is COc1ccc(CCN2CCc3nc4ncc(C(F)(F)F)cc4cc3C2)cc1. The van der Waals surface area contributed by atoms with E-state index >= 15 is 0 Å². The molecule has 0 aliphatic carbocycles. The van der Waals surface area contributed by atoms with Gasteiger partial charge in [-0.15, -0.1) is 0 Å². The molecule has 0 bridgehead atoms. The maximum atomic E-state index is 12.9. The van der Waals surface area contributed by atoms with Crippen molar-refractivity contribution < 1.29 is 17.9 Å². The summed E-state index contributed by atoms with van der Waals surface area (Å²) in [5.41, 5.74) is 2.77. The van der Waals surface area contributed by atoms with Crippen molar-refractivity contribution >= 4 is 11.0 Å². The Hall–Kier alpha value is -2.67. The van der Waals surface area contributed by atoms with Gasteiger partial charge in [-0.3, -0.25) is 4.90 Å². The zero-order valence-electron chi connectivity index (χ0n) is 15.5. The summed E-state index contributed by atoms with van der Waals surface area (Å²) in [6.07, 6.45) is -1.87. The van der Waals surface area contributed by atoms with Crippen LogP contribution in [0.1, 0.15) is 22.4 Å². The molecule has 3 aromatic rings. The van der Waals surface area contributed by atoms with Crippen LogP contribution in [-0.2, 0) is 25.6 Å². The summed E-state index contributed by atoms with van der Waals surface area (Å²) in [5.74, 6) is 0.834. The smallest absolute Gasteiger partial charge is 0.417 e. The highest BCUT2D eigenvalue weighted by atomic mass is 19.4. The fraction of sp³-hybridized carbons (Fsp3) is 0.333. The van der Waals surface area contributed by atoms with Gasteiger partial charge in [0, 0.05) is 43.3 Å². The maximum absolute atomic E-state index is 12.9. The molecule has 1 aromatic carbocycles. The first-order chi connectivity index (χ1) is 13.4. The summed E-state index contributed by atoms with van der Waals surface area (Å²) in [6.45, 7) is 2.44. The molecule has 0 atom stereocenters. The zero-order valence-corrected chi connectivity index (χ0v) is 15.5. The molecule has 28 heavy (non-hydrogen) atoms. The van der Waals surface area contributed by atoms with Gasteiger partial charge >= 0.3 is 6.18 Å². The van der Waals surface area contributed by atoms with Crippen molar-refractivity contribution in [2.45, 2.75) is 25.6 Å². The second-order valence-electron chi connectivity index (χ2n) is 6.99. The maximum Gasteiger partial charge on any atom is 0.417 e. The van der Waals surface area contributed by atoms with Crippen LogP contribution in [0.2, 0.25) is 0 Å². The molecule has 1 aliphatic heterocycles. The van der Waals surface area contributed by atoms with Gasteiger partial charge in [-0.1, -0.05) is 12.1 Å². The fourth-order valence-electron chi connectivity index (χ4n) is 3.51. The summed E-state index contributed by atoms with van der Waals surface area (Å²) in [5, 5.41) is 0.436. The predicted octanol–water partition coefficient (Wildman–Crippen LogP) is 4.26. The first-order valence-electron chi connectivity index (χ1n) is 9.13. The number of fused-ring (bicyclic) bond motifs is 2. The molecule has 0 unspecified atom stereocenters. The minimum atomic E-state index is -4.40. The third kappa shape index (κ3) is 3.94. The molecule has 4 rings (SSSR count). The summed E-state index contributed by atoms with van der Waals surface area (Å²) < 4.78 is 44.0. The van der Waals surface area contributed by atoms with E-state index in [1.807, 2.05) is 12.1 Å². The van der Waals surface area contributed by atoms with Gasteiger partial charge in [0.25, 0.3) is 0 Å². The number of hydrogen-bond acceptors (Lipinski definition) is 4. The second-order valence-corrected chi connectivity index (χ2v) is 6.99. The second kappa shape index (κ2) is 7.39. The Labute approximate surface area is 161 Å². The standard InChI is InChI=1S/C21H20F3N3O/c1-28-18-4-2-14(3-5-18)6-8-27-9-7-19-16(13-27)10-15-11-17(21(22,23)24)12-25-20(15)26-19/h2-5,10-12H,6-9,13H2,1H3. The lowest BCUT2D eigenvalue weighted by molar-refractivity contribution is -0.137. The Bertz CT molecular complexity index is 987. The Morgan fingerprint density at radius 3 is 2.64 bits per heavy atom. The van der Waals surface area contributed by atoms with Crippen LogP contribution in [0.25, 0.3) is 11.0 Å².